The van der Waals surface area contributed by atoms with Gasteiger partial charge in [0.2, 0.25) is 0 Å². The highest BCUT2D eigenvalue weighted by molar-refractivity contribution is 5.98. The number of benzene rings is 2. The number of phenolic OH excluding ortho intramolecular Hbond substituents is 1. The highest BCUT2D eigenvalue weighted by atomic mass is 16.3. The molecule has 3 rings (SSSR count). The summed E-state index contributed by atoms with van der Waals surface area (Å²) in [6.07, 6.45) is 0. The third-order valence-electron chi connectivity index (χ3n) is 4.41. The lowest BCUT2D eigenvalue weighted by Gasteiger charge is -2.17. The molecule has 0 aliphatic heterocycles. The van der Waals surface area contributed by atoms with Crippen molar-refractivity contribution in [3.05, 3.63) is 74.8 Å². The lowest BCUT2D eigenvalue weighted by atomic mass is 10.1. The van der Waals surface area contributed by atoms with Crippen LogP contribution in [0.1, 0.15) is 17.3 Å². The monoisotopic (exact) mass is 409 g/mol. The lowest BCUT2D eigenvalue weighted by molar-refractivity contribution is 0.0824. The molecule has 0 spiro atoms. The van der Waals surface area contributed by atoms with Gasteiger partial charge in [-0.1, -0.05) is 24.3 Å². The summed E-state index contributed by atoms with van der Waals surface area (Å²) >= 11 is 0. The molecule has 1 amide bonds. The van der Waals surface area contributed by atoms with Gasteiger partial charge in [-0.3, -0.25) is 19.5 Å². The number of aromatic amines is 1. The first-order valence-electron chi connectivity index (χ1n) is 9.34. The number of hydrogen-bond donors (Lipinski definition) is 4. The fraction of sp³-hybridized carbons (Fsp3) is 0.190. The van der Waals surface area contributed by atoms with Crippen LogP contribution in [-0.4, -0.2) is 46.3 Å². The summed E-state index contributed by atoms with van der Waals surface area (Å²) in [6.45, 7) is 2.19. The Hall–Kier alpha value is -4.01. The van der Waals surface area contributed by atoms with Crippen LogP contribution in [0.25, 0.3) is 5.69 Å². The summed E-state index contributed by atoms with van der Waals surface area (Å²) < 4.78 is 1.12. The Labute approximate surface area is 172 Å². The van der Waals surface area contributed by atoms with Crippen molar-refractivity contribution in [3.63, 3.8) is 0 Å². The van der Waals surface area contributed by atoms with Crippen molar-refractivity contribution in [3.8, 4) is 11.4 Å². The quantitative estimate of drug-likeness (QED) is 0.463. The van der Waals surface area contributed by atoms with Crippen molar-refractivity contribution in [1.82, 2.24) is 14.7 Å². The van der Waals surface area contributed by atoms with Crippen molar-refractivity contribution in [1.29, 1.82) is 0 Å². The van der Waals surface area contributed by atoms with Crippen LogP contribution in [0.2, 0.25) is 0 Å². The second kappa shape index (κ2) is 8.56. The van der Waals surface area contributed by atoms with Crippen LogP contribution in [0.15, 0.2) is 58.1 Å². The first-order valence-corrected chi connectivity index (χ1v) is 9.34. The van der Waals surface area contributed by atoms with E-state index in [4.69, 9.17) is 0 Å². The van der Waals surface area contributed by atoms with Crippen LogP contribution in [0.5, 0.6) is 5.75 Å². The van der Waals surface area contributed by atoms with Crippen LogP contribution in [0.3, 0.4) is 0 Å². The fourth-order valence-corrected chi connectivity index (χ4v) is 2.95. The Morgan fingerprint density at radius 3 is 2.40 bits per heavy atom. The number of anilines is 3. The molecule has 156 valence electrons. The average molecular weight is 409 g/mol. The number of nitrogens with zero attached hydrogens (tertiary/aromatic N) is 2. The number of carbonyl (C=O) groups excluding carboxylic acids is 1. The van der Waals surface area contributed by atoms with Crippen molar-refractivity contribution in [2.45, 2.75) is 6.92 Å². The number of aromatic nitrogens is 2. The maximum atomic E-state index is 13.2. The Morgan fingerprint density at radius 1 is 1.07 bits per heavy atom. The molecule has 2 aromatic carbocycles. The van der Waals surface area contributed by atoms with E-state index in [1.54, 1.807) is 57.4 Å². The normalized spacial score (nSPS) is 10.5. The van der Waals surface area contributed by atoms with Crippen LogP contribution in [-0.2, 0) is 0 Å². The van der Waals surface area contributed by atoms with E-state index in [9.17, 15) is 19.5 Å². The van der Waals surface area contributed by atoms with E-state index in [0.29, 0.717) is 12.2 Å². The van der Waals surface area contributed by atoms with Gasteiger partial charge in [0.25, 0.3) is 17.0 Å². The minimum Gasteiger partial charge on any atom is -0.505 e. The maximum absolute atomic E-state index is 13.2. The smallest absolute Gasteiger partial charge is 0.295 e. The second-order valence-electron chi connectivity index (χ2n) is 6.72. The van der Waals surface area contributed by atoms with Crippen molar-refractivity contribution < 1.29 is 9.90 Å². The zero-order valence-electron chi connectivity index (χ0n) is 16.9. The number of phenols is 1. The molecule has 4 N–H and O–H groups in total. The van der Waals surface area contributed by atoms with E-state index >= 15 is 0 Å². The van der Waals surface area contributed by atoms with E-state index in [2.05, 4.69) is 15.7 Å². The summed E-state index contributed by atoms with van der Waals surface area (Å²) in [5.41, 5.74) is -0.366. The molecule has 30 heavy (non-hydrogen) atoms. The molecule has 0 aliphatic rings. The Bertz CT molecular complexity index is 1180. The molecule has 0 radical (unpaired) electrons. The number of nitrogens with one attached hydrogen (secondary N) is 3. The Kier molecular flexibility index (Phi) is 5.91. The third kappa shape index (κ3) is 3.90. The highest BCUT2D eigenvalue weighted by Crippen LogP contribution is 2.31. The minimum atomic E-state index is -0.527. The standard InChI is InChI=1S/C21H23N5O4/c1-4-22-16-17(21(30)26(24-19(16)28)13-9-6-5-7-10-13)23-15-12-8-11-14(18(15)27)20(29)25(2)3/h5-12,22-23,27H,4H2,1-3H3,(H,24,28). The number of H-pyrrole nitrogens is 1. The van der Waals surface area contributed by atoms with Gasteiger partial charge in [-0.05, 0) is 31.2 Å². The Morgan fingerprint density at radius 2 is 1.77 bits per heavy atom. The number of para-hydroxylation sites is 2. The molecule has 1 aromatic heterocycles. The van der Waals surface area contributed by atoms with Gasteiger partial charge in [-0.2, -0.15) is 0 Å². The van der Waals surface area contributed by atoms with Gasteiger partial charge in [0.15, 0.2) is 5.75 Å². The molecule has 9 heteroatoms. The summed E-state index contributed by atoms with van der Waals surface area (Å²) in [4.78, 5) is 39.5. The second-order valence-corrected chi connectivity index (χ2v) is 6.72. The molecule has 0 aliphatic carbocycles. The average Bonchev–Trinajstić information content (AvgIpc) is 2.74. The van der Waals surface area contributed by atoms with Gasteiger partial charge in [-0.25, -0.2) is 4.68 Å². The van der Waals surface area contributed by atoms with Crippen LogP contribution < -0.4 is 21.8 Å². The molecule has 0 atom stereocenters. The predicted octanol–water partition coefficient (Wildman–Crippen LogP) is 2.11. The maximum Gasteiger partial charge on any atom is 0.295 e. The molecule has 1 heterocycles. The van der Waals surface area contributed by atoms with Crippen molar-refractivity contribution >= 4 is 23.0 Å². The number of carbonyl (C=O) groups is 1. The predicted molar refractivity (Wildman–Crippen MR) is 116 cm³/mol. The summed E-state index contributed by atoms with van der Waals surface area (Å²) in [6, 6.07) is 13.2. The van der Waals surface area contributed by atoms with E-state index in [1.807, 2.05) is 0 Å². The summed E-state index contributed by atoms with van der Waals surface area (Å²) in [7, 11) is 3.14. The van der Waals surface area contributed by atoms with Gasteiger partial charge >= 0.3 is 0 Å². The minimum absolute atomic E-state index is 0.0402. The SMILES string of the molecule is CCNc1c(Nc2cccc(C(=O)N(C)C)c2O)c(=O)n(-c2ccccc2)[nH]c1=O. The largest absolute Gasteiger partial charge is 0.505 e. The van der Waals surface area contributed by atoms with Crippen LogP contribution in [0.4, 0.5) is 17.1 Å². The zero-order chi connectivity index (χ0) is 21.8. The number of aromatic hydroxyl groups is 1. The number of amides is 1. The van der Waals surface area contributed by atoms with E-state index < -0.39 is 17.0 Å². The van der Waals surface area contributed by atoms with Crippen LogP contribution in [0, 0.1) is 0 Å². The molecule has 0 unspecified atom stereocenters. The molecule has 0 bridgehead atoms. The third-order valence-corrected chi connectivity index (χ3v) is 4.41. The molecule has 0 fully saturated rings. The number of hydrogen-bond acceptors (Lipinski definition) is 6. The molecule has 9 nitrogen and oxygen atoms in total. The van der Waals surface area contributed by atoms with Crippen molar-refractivity contribution in [2.75, 3.05) is 31.3 Å². The van der Waals surface area contributed by atoms with Gasteiger partial charge in [0.05, 0.1) is 16.9 Å². The van der Waals surface area contributed by atoms with E-state index in [-0.39, 0.29) is 28.4 Å². The van der Waals surface area contributed by atoms with Gasteiger partial charge in [0.1, 0.15) is 11.4 Å². The van der Waals surface area contributed by atoms with Gasteiger partial charge < -0.3 is 20.6 Å². The molecule has 0 saturated heterocycles. The van der Waals surface area contributed by atoms with Crippen molar-refractivity contribution in [2.24, 2.45) is 0 Å². The lowest BCUT2D eigenvalue weighted by Crippen LogP contribution is -2.32. The van der Waals surface area contributed by atoms with E-state index in [0.717, 1.165) is 4.68 Å². The summed E-state index contributed by atoms with van der Waals surface area (Å²) in [5.74, 6) is -0.708. The molecular weight excluding hydrogens is 386 g/mol. The fourth-order valence-electron chi connectivity index (χ4n) is 2.95. The molecular formula is C21H23N5O4. The molecule has 3 aromatic rings. The van der Waals surface area contributed by atoms with Crippen LogP contribution >= 0.6 is 0 Å². The topological polar surface area (TPSA) is 119 Å². The summed E-state index contributed by atoms with van der Waals surface area (Å²) in [5, 5.41) is 18.9. The highest BCUT2D eigenvalue weighted by Gasteiger charge is 2.20. The first kappa shape index (κ1) is 20.7. The van der Waals surface area contributed by atoms with E-state index in [1.165, 1.54) is 17.0 Å². The first-order chi connectivity index (χ1) is 14.3. The van der Waals surface area contributed by atoms with Gasteiger partial charge in [-0.15, -0.1) is 0 Å². The Balaban J connectivity index is 2.18. The molecule has 0 saturated carbocycles. The van der Waals surface area contributed by atoms with Gasteiger partial charge in [0, 0.05) is 20.6 Å². The number of rotatable bonds is 6. The zero-order valence-corrected chi connectivity index (χ0v) is 16.9.